The Bertz CT molecular complexity index is 2010. The number of hydrogen-bond acceptors (Lipinski definition) is 11. The predicted octanol–water partition coefficient (Wildman–Crippen LogP) is 6.00. The van der Waals surface area contributed by atoms with Crippen molar-refractivity contribution in [1.29, 1.82) is 0 Å². The fourth-order valence-corrected chi connectivity index (χ4v) is 5.50. The average molecular weight is 768 g/mol. The van der Waals surface area contributed by atoms with Gasteiger partial charge in [0.1, 0.15) is 16.3 Å². The maximum Gasteiger partial charge on any atom is 0.458 e. The van der Waals surface area contributed by atoms with Crippen molar-refractivity contribution in [3.8, 4) is 0 Å². The normalized spacial score (nSPS) is 15.3. The highest BCUT2D eigenvalue weighted by atomic mass is 35.5. The van der Waals surface area contributed by atoms with Crippen LogP contribution in [0.1, 0.15) is 39.4 Å². The van der Waals surface area contributed by atoms with Gasteiger partial charge in [0.15, 0.2) is 5.82 Å². The van der Waals surface area contributed by atoms with Crippen molar-refractivity contribution in [3.63, 3.8) is 0 Å². The molecule has 6 rings (SSSR count). The number of carbonyl (C=O) groups excluding carboxylic acids is 4. The molecule has 2 aliphatic heterocycles. The first-order valence-electron chi connectivity index (χ1n) is 15.5. The van der Waals surface area contributed by atoms with Gasteiger partial charge in [0.25, 0.3) is 5.91 Å². The number of halogens is 7. The van der Waals surface area contributed by atoms with Crippen molar-refractivity contribution in [3.05, 3.63) is 76.0 Å². The predicted molar refractivity (Wildman–Crippen MR) is 176 cm³/mol. The first-order valence-corrected chi connectivity index (χ1v) is 15.9. The third kappa shape index (κ3) is 9.56. The average Bonchev–Trinajstić information content (AvgIpc) is 3.69. The summed E-state index contributed by atoms with van der Waals surface area (Å²) in [5.41, 5.74) is 5.21. The highest BCUT2D eigenvalue weighted by molar-refractivity contribution is 6.41. The second-order valence-corrected chi connectivity index (χ2v) is 12.2. The van der Waals surface area contributed by atoms with E-state index >= 15 is 0 Å². The van der Waals surface area contributed by atoms with Crippen molar-refractivity contribution in [2.45, 2.75) is 51.5 Å². The van der Waals surface area contributed by atoms with Crippen LogP contribution in [0.2, 0.25) is 5.02 Å². The van der Waals surface area contributed by atoms with Crippen LogP contribution in [0.4, 0.5) is 60.0 Å². The Morgan fingerprint density at radius 2 is 1.66 bits per heavy atom. The third-order valence-corrected chi connectivity index (χ3v) is 8.15. The number of nitrogens with one attached hydrogen (secondary N) is 4. The fourth-order valence-electron chi connectivity index (χ4n) is 5.36. The van der Waals surface area contributed by atoms with Gasteiger partial charge in [-0.05, 0) is 68.5 Å². The number of aryl methyl sites for hydroxylation is 4. The molecule has 21 heteroatoms. The fraction of sp³-hybridized carbons (Fsp3) is 0.312. The van der Waals surface area contributed by atoms with Crippen molar-refractivity contribution in [2.24, 2.45) is 0 Å². The summed E-state index contributed by atoms with van der Waals surface area (Å²) in [4.78, 5) is 60.1. The molecule has 1 saturated heterocycles. The van der Waals surface area contributed by atoms with E-state index in [2.05, 4.69) is 41.4 Å². The molecule has 53 heavy (non-hydrogen) atoms. The van der Waals surface area contributed by atoms with Crippen LogP contribution in [0.15, 0.2) is 47.4 Å². The number of benzene rings is 1. The number of urea groups is 1. The molecule has 3 aromatic heterocycles. The van der Waals surface area contributed by atoms with E-state index in [4.69, 9.17) is 16.1 Å². The van der Waals surface area contributed by atoms with Crippen LogP contribution in [0.5, 0.6) is 0 Å². The first-order chi connectivity index (χ1) is 24.9. The van der Waals surface area contributed by atoms with Crippen LogP contribution in [0.3, 0.4) is 0 Å². The van der Waals surface area contributed by atoms with Gasteiger partial charge in [-0.2, -0.15) is 31.3 Å². The summed E-state index contributed by atoms with van der Waals surface area (Å²) in [6.45, 7) is 4.42. The number of likely N-dealkylation sites (tertiary alicyclic amines) is 1. The lowest BCUT2D eigenvalue weighted by Gasteiger charge is -2.18. The monoisotopic (exact) mass is 767 g/mol. The number of fused-ring (bicyclic) bond motifs is 6. The minimum atomic E-state index is -5.77. The molecule has 5 heterocycles. The van der Waals surface area contributed by atoms with Gasteiger partial charge < -0.3 is 30.7 Å². The molecule has 1 atom stereocenters. The minimum Gasteiger partial charge on any atom is -0.361 e. The molecule has 14 nitrogen and oxygen atoms in total. The molecule has 4 N–H and O–H groups in total. The first kappa shape index (κ1) is 38.4. The smallest absolute Gasteiger partial charge is 0.361 e. The van der Waals surface area contributed by atoms with E-state index < -0.39 is 23.9 Å². The quantitative estimate of drug-likeness (QED) is 0.141. The van der Waals surface area contributed by atoms with E-state index in [1.165, 1.54) is 6.20 Å². The highest BCUT2D eigenvalue weighted by Gasteiger charge is 2.54. The maximum atomic E-state index is 13.1. The number of hydrogen-bond donors (Lipinski definition) is 4. The Balaban J connectivity index is 0.000000390. The van der Waals surface area contributed by atoms with Crippen LogP contribution in [0.25, 0.3) is 0 Å². The van der Waals surface area contributed by atoms with Crippen LogP contribution < -0.4 is 21.3 Å². The molecule has 0 aliphatic carbocycles. The van der Waals surface area contributed by atoms with E-state index in [1.54, 1.807) is 24.9 Å². The molecular formula is C32H28ClF6N9O5. The number of ketones is 2. The van der Waals surface area contributed by atoms with E-state index in [9.17, 15) is 45.5 Å². The Kier molecular flexibility index (Phi) is 11.2. The van der Waals surface area contributed by atoms with E-state index in [-0.39, 0.29) is 18.0 Å². The number of alkyl halides is 6. The van der Waals surface area contributed by atoms with E-state index in [1.807, 2.05) is 30.5 Å². The molecular weight excluding hydrogens is 740 g/mol. The van der Waals surface area contributed by atoms with E-state index in [0.717, 1.165) is 22.5 Å². The number of pyridine rings is 1. The molecule has 3 amide bonds. The Labute approximate surface area is 300 Å². The van der Waals surface area contributed by atoms with Crippen LogP contribution in [-0.2, 0) is 22.4 Å². The largest absolute Gasteiger partial charge is 0.458 e. The van der Waals surface area contributed by atoms with Gasteiger partial charge in [-0.15, -0.1) is 0 Å². The topological polar surface area (TPSA) is 184 Å². The van der Waals surface area contributed by atoms with Gasteiger partial charge in [-0.1, -0.05) is 16.8 Å². The Morgan fingerprint density at radius 3 is 2.32 bits per heavy atom. The summed E-state index contributed by atoms with van der Waals surface area (Å²) < 4.78 is 72.1. The standard InChI is InChI=1S/C28H28ClN9O3.C4F6O2/c1-15-24(16(2)41-37-15)26(39)38-8-7-20(14-38)34-28(40)35-23-6-5-19-10-18(23)4-3-17-9-21(12-30-11-17)33-27-31-13-22(29)25(32-19)36-27;5-3(6,7)1(11)2(12)4(8,9)10/h5-6,9-13,20H,3-4,7-8,14H2,1-2H3,(H2,34,35,40)(H2,31,32,33,36);/t20-;/m0./s1. The second-order valence-electron chi connectivity index (χ2n) is 11.8. The summed E-state index contributed by atoms with van der Waals surface area (Å²) in [5.74, 6) is -5.61. The van der Waals surface area contributed by atoms with Crippen molar-refractivity contribution < 1.29 is 50.0 Å². The van der Waals surface area contributed by atoms with Crippen LogP contribution in [0, 0.1) is 13.8 Å². The zero-order valence-corrected chi connectivity index (χ0v) is 28.3. The molecule has 0 radical (unpaired) electrons. The van der Waals surface area contributed by atoms with Gasteiger partial charge in [0.05, 0.1) is 23.8 Å². The van der Waals surface area contributed by atoms with Gasteiger partial charge in [-0.25, -0.2) is 9.78 Å². The van der Waals surface area contributed by atoms with Crippen LogP contribution in [-0.4, -0.2) is 80.0 Å². The van der Waals surface area contributed by atoms with Gasteiger partial charge in [-0.3, -0.25) is 19.4 Å². The Hall–Kier alpha value is -5.79. The molecule has 0 saturated carbocycles. The maximum absolute atomic E-state index is 13.1. The number of amides is 3. The number of carbonyl (C=O) groups is 4. The lowest BCUT2D eigenvalue weighted by Crippen LogP contribution is -2.40. The van der Waals surface area contributed by atoms with Gasteiger partial charge in [0, 0.05) is 36.7 Å². The number of nitrogens with zero attached hydrogens (tertiary/aromatic N) is 5. The summed E-state index contributed by atoms with van der Waals surface area (Å²) in [7, 11) is 0. The lowest BCUT2D eigenvalue weighted by atomic mass is 10.0. The van der Waals surface area contributed by atoms with Crippen LogP contribution >= 0.6 is 11.6 Å². The number of aromatic nitrogens is 4. The highest BCUT2D eigenvalue weighted by Crippen LogP contribution is 2.30. The molecule has 2 aliphatic rings. The molecule has 4 aromatic rings. The zero-order chi connectivity index (χ0) is 38.7. The zero-order valence-electron chi connectivity index (χ0n) is 27.6. The van der Waals surface area contributed by atoms with Crippen molar-refractivity contribution in [2.75, 3.05) is 29.0 Å². The number of rotatable bonds is 4. The second kappa shape index (κ2) is 15.4. The molecule has 0 unspecified atom stereocenters. The third-order valence-electron chi connectivity index (χ3n) is 7.87. The summed E-state index contributed by atoms with van der Waals surface area (Å²) in [6.07, 6.45) is -4.49. The SMILES string of the molecule is Cc1noc(C)c1C(=O)N1CC[C@H](NC(=O)Nc2ccc3cc2CCc2cncc(c2)Nc2ncc(Cl)c(n2)N3)C1.O=C(C(=O)C(F)(F)F)C(F)(F)F. The number of Topliss-reactive ketones (excluding diaryl/α,β-unsaturated/α-hetero) is 2. The summed E-state index contributed by atoms with van der Waals surface area (Å²) in [6, 6.07) is 7.15. The molecule has 0 spiro atoms. The summed E-state index contributed by atoms with van der Waals surface area (Å²) >= 11 is 6.36. The lowest BCUT2D eigenvalue weighted by molar-refractivity contribution is -0.193. The number of anilines is 5. The molecule has 1 fully saturated rings. The van der Waals surface area contributed by atoms with Crippen molar-refractivity contribution >= 4 is 63.9 Å². The Morgan fingerprint density at radius 1 is 0.943 bits per heavy atom. The van der Waals surface area contributed by atoms with E-state index in [0.29, 0.717) is 71.8 Å². The van der Waals surface area contributed by atoms with Crippen molar-refractivity contribution in [1.82, 2.24) is 30.3 Å². The summed E-state index contributed by atoms with van der Waals surface area (Å²) in [5, 5.41) is 16.7. The van der Waals surface area contributed by atoms with Gasteiger partial charge >= 0.3 is 30.0 Å². The minimum absolute atomic E-state index is 0.134. The molecule has 280 valence electrons. The molecule has 1 aromatic carbocycles. The van der Waals surface area contributed by atoms with Gasteiger partial charge in [0.2, 0.25) is 5.95 Å². The molecule has 6 bridgehead atoms.